The van der Waals surface area contributed by atoms with E-state index in [2.05, 4.69) is 4.72 Å². The van der Waals surface area contributed by atoms with Crippen molar-refractivity contribution in [2.75, 3.05) is 7.05 Å². The highest BCUT2D eigenvalue weighted by Gasteiger charge is 2.23. The lowest BCUT2D eigenvalue weighted by molar-refractivity contribution is 0.336. The summed E-state index contributed by atoms with van der Waals surface area (Å²) in [7, 11) is -1.55. The number of hydrogen-bond donors (Lipinski definition) is 1. The Morgan fingerprint density at radius 3 is 2.36 bits per heavy atom. The minimum Gasteiger partial charge on any atom is -0.218 e. The molecule has 1 fully saturated rings. The molecular weight excluding hydrogens is 198 g/mol. The Labute approximate surface area is 87.3 Å². The molecule has 0 bridgehead atoms. The molecule has 0 aliphatic heterocycles. The zero-order valence-electron chi connectivity index (χ0n) is 9.12. The minimum absolute atomic E-state index is 0.240. The van der Waals surface area contributed by atoms with E-state index in [4.69, 9.17) is 0 Å². The highest BCUT2D eigenvalue weighted by molar-refractivity contribution is 7.90. The van der Waals surface area contributed by atoms with Gasteiger partial charge in [0.1, 0.15) is 0 Å². The van der Waals surface area contributed by atoms with Crippen LogP contribution in [0, 0.1) is 5.92 Å². The standard InChI is InChI=1S/C10H21NO2S/c1-9(14(12,13)11-2)8-10-6-4-3-5-7-10/h9-11H,3-8H2,1-2H3. The van der Waals surface area contributed by atoms with Crippen LogP contribution >= 0.6 is 0 Å². The fraction of sp³-hybridized carbons (Fsp3) is 1.00. The molecule has 14 heavy (non-hydrogen) atoms. The average molecular weight is 219 g/mol. The molecule has 1 aliphatic carbocycles. The molecular formula is C10H21NO2S. The Hall–Kier alpha value is -0.0900. The SMILES string of the molecule is CNS(=O)(=O)C(C)CC1CCCCC1. The van der Waals surface area contributed by atoms with Crippen LogP contribution in [-0.2, 0) is 10.0 Å². The van der Waals surface area contributed by atoms with Crippen LogP contribution in [0.3, 0.4) is 0 Å². The first kappa shape index (κ1) is 12.0. The molecule has 3 nitrogen and oxygen atoms in total. The van der Waals surface area contributed by atoms with Crippen molar-refractivity contribution < 1.29 is 8.42 Å². The van der Waals surface area contributed by atoms with Crippen molar-refractivity contribution in [2.24, 2.45) is 5.92 Å². The van der Waals surface area contributed by atoms with Gasteiger partial charge < -0.3 is 0 Å². The molecule has 1 atom stereocenters. The summed E-state index contributed by atoms with van der Waals surface area (Å²) in [6.07, 6.45) is 7.12. The summed E-state index contributed by atoms with van der Waals surface area (Å²) in [5.74, 6) is 0.627. The lowest BCUT2D eigenvalue weighted by atomic mass is 9.86. The van der Waals surface area contributed by atoms with Crippen molar-refractivity contribution in [1.29, 1.82) is 0 Å². The van der Waals surface area contributed by atoms with Crippen LogP contribution in [0.25, 0.3) is 0 Å². The van der Waals surface area contributed by atoms with Crippen molar-refractivity contribution in [2.45, 2.75) is 50.7 Å². The first-order valence-electron chi connectivity index (χ1n) is 5.48. The number of rotatable bonds is 4. The third-order valence-corrected chi connectivity index (χ3v) is 5.03. The van der Waals surface area contributed by atoms with Gasteiger partial charge in [-0.15, -0.1) is 0 Å². The van der Waals surface area contributed by atoms with Crippen molar-refractivity contribution in [3.63, 3.8) is 0 Å². The molecule has 0 heterocycles. The van der Waals surface area contributed by atoms with E-state index in [0.717, 1.165) is 6.42 Å². The molecule has 0 aromatic carbocycles. The van der Waals surface area contributed by atoms with Gasteiger partial charge in [-0.05, 0) is 26.3 Å². The minimum atomic E-state index is -3.05. The Balaban J connectivity index is 2.43. The van der Waals surface area contributed by atoms with E-state index in [1.54, 1.807) is 6.92 Å². The fourth-order valence-electron chi connectivity index (χ4n) is 2.22. The molecule has 0 aromatic heterocycles. The molecule has 0 radical (unpaired) electrons. The van der Waals surface area contributed by atoms with E-state index in [-0.39, 0.29) is 5.25 Å². The van der Waals surface area contributed by atoms with Crippen molar-refractivity contribution in [3.05, 3.63) is 0 Å². The van der Waals surface area contributed by atoms with E-state index >= 15 is 0 Å². The van der Waals surface area contributed by atoms with Crippen LogP contribution in [0.1, 0.15) is 45.4 Å². The summed E-state index contributed by atoms with van der Waals surface area (Å²) < 4.78 is 25.3. The number of nitrogens with one attached hydrogen (secondary N) is 1. The lowest BCUT2D eigenvalue weighted by Gasteiger charge is -2.24. The highest BCUT2D eigenvalue weighted by atomic mass is 32.2. The predicted octanol–water partition coefficient (Wildman–Crippen LogP) is 1.89. The maximum absolute atomic E-state index is 11.5. The first-order chi connectivity index (χ1) is 6.56. The zero-order valence-corrected chi connectivity index (χ0v) is 9.94. The molecule has 0 spiro atoms. The molecule has 1 rings (SSSR count). The molecule has 1 unspecified atom stereocenters. The highest BCUT2D eigenvalue weighted by Crippen LogP contribution is 2.28. The van der Waals surface area contributed by atoms with Gasteiger partial charge in [-0.1, -0.05) is 32.1 Å². The molecule has 84 valence electrons. The van der Waals surface area contributed by atoms with Gasteiger partial charge in [0.25, 0.3) is 0 Å². The lowest BCUT2D eigenvalue weighted by Crippen LogP contribution is -2.31. The van der Waals surface area contributed by atoms with E-state index < -0.39 is 10.0 Å². The molecule has 0 amide bonds. The topological polar surface area (TPSA) is 46.2 Å². The van der Waals surface area contributed by atoms with Crippen LogP contribution in [0.4, 0.5) is 0 Å². The molecule has 0 saturated heterocycles. The zero-order chi connectivity index (χ0) is 10.6. The fourth-order valence-corrected chi connectivity index (χ4v) is 3.15. The van der Waals surface area contributed by atoms with Crippen molar-refractivity contribution >= 4 is 10.0 Å². The van der Waals surface area contributed by atoms with E-state index in [0.29, 0.717) is 5.92 Å². The largest absolute Gasteiger partial charge is 0.218 e. The Bertz CT molecular complexity index is 255. The maximum Gasteiger partial charge on any atom is 0.213 e. The summed E-state index contributed by atoms with van der Waals surface area (Å²) in [5.41, 5.74) is 0. The summed E-state index contributed by atoms with van der Waals surface area (Å²) in [6, 6.07) is 0. The quantitative estimate of drug-likeness (QED) is 0.785. The molecule has 1 saturated carbocycles. The molecule has 4 heteroatoms. The monoisotopic (exact) mass is 219 g/mol. The second kappa shape index (κ2) is 5.12. The maximum atomic E-state index is 11.5. The van der Waals surface area contributed by atoms with Gasteiger partial charge in [-0.2, -0.15) is 0 Å². The van der Waals surface area contributed by atoms with E-state index in [1.807, 2.05) is 0 Å². The molecule has 0 aromatic rings. The van der Waals surface area contributed by atoms with Gasteiger partial charge in [0, 0.05) is 0 Å². The van der Waals surface area contributed by atoms with E-state index in [9.17, 15) is 8.42 Å². The summed E-state index contributed by atoms with van der Waals surface area (Å²) in [6.45, 7) is 1.81. The third-order valence-electron chi connectivity index (χ3n) is 3.20. The Morgan fingerprint density at radius 1 is 1.29 bits per heavy atom. The van der Waals surface area contributed by atoms with Gasteiger partial charge in [0.2, 0.25) is 10.0 Å². The van der Waals surface area contributed by atoms with Crippen LogP contribution in [0.5, 0.6) is 0 Å². The second-order valence-corrected chi connectivity index (χ2v) is 6.60. The number of sulfonamides is 1. The van der Waals surface area contributed by atoms with Gasteiger partial charge >= 0.3 is 0 Å². The second-order valence-electron chi connectivity index (χ2n) is 4.30. The summed E-state index contributed by atoms with van der Waals surface area (Å²) in [4.78, 5) is 0. The first-order valence-corrected chi connectivity index (χ1v) is 7.03. The van der Waals surface area contributed by atoms with Crippen molar-refractivity contribution in [1.82, 2.24) is 4.72 Å². The average Bonchev–Trinajstić information content (AvgIpc) is 2.19. The molecule has 1 N–H and O–H groups in total. The third kappa shape index (κ3) is 3.24. The number of hydrogen-bond acceptors (Lipinski definition) is 2. The van der Waals surface area contributed by atoms with Gasteiger partial charge in [-0.25, -0.2) is 13.1 Å². The van der Waals surface area contributed by atoms with Crippen LogP contribution in [0.2, 0.25) is 0 Å². The predicted molar refractivity (Wildman–Crippen MR) is 58.6 cm³/mol. The summed E-state index contributed by atoms with van der Waals surface area (Å²) >= 11 is 0. The van der Waals surface area contributed by atoms with Gasteiger partial charge in [0.15, 0.2) is 0 Å². The Kier molecular flexibility index (Phi) is 4.38. The van der Waals surface area contributed by atoms with Crippen LogP contribution in [0.15, 0.2) is 0 Å². The Morgan fingerprint density at radius 2 is 1.86 bits per heavy atom. The van der Waals surface area contributed by atoms with Crippen LogP contribution in [-0.4, -0.2) is 20.7 Å². The van der Waals surface area contributed by atoms with Crippen LogP contribution < -0.4 is 4.72 Å². The van der Waals surface area contributed by atoms with Gasteiger partial charge in [0.05, 0.1) is 5.25 Å². The normalized spacial score (nSPS) is 22.1. The smallest absolute Gasteiger partial charge is 0.213 e. The molecule has 1 aliphatic rings. The summed E-state index contributed by atoms with van der Waals surface area (Å²) in [5, 5.41) is -0.240. The van der Waals surface area contributed by atoms with Crippen molar-refractivity contribution in [3.8, 4) is 0 Å². The van der Waals surface area contributed by atoms with E-state index in [1.165, 1.54) is 39.2 Å². The van der Waals surface area contributed by atoms with Gasteiger partial charge in [-0.3, -0.25) is 0 Å².